The van der Waals surface area contributed by atoms with Crippen molar-refractivity contribution in [2.24, 2.45) is 0 Å². The Morgan fingerprint density at radius 2 is 1.89 bits per heavy atom. The van der Waals surface area contributed by atoms with E-state index in [4.69, 9.17) is 4.42 Å². The highest BCUT2D eigenvalue weighted by atomic mass is 16.3. The predicted octanol–water partition coefficient (Wildman–Crippen LogP) is 1.97. The van der Waals surface area contributed by atoms with Gasteiger partial charge in [-0.1, -0.05) is 12.1 Å². The minimum absolute atomic E-state index is 0.150. The van der Waals surface area contributed by atoms with Crippen LogP contribution in [0.25, 0.3) is 6.08 Å². The smallest absolute Gasteiger partial charge is 0.287 e. The maximum absolute atomic E-state index is 11.8. The fourth-order valence-electron chi connectivity index (χ4n) is 2.77. The van der Waals surface area contributed by atoms with Crippen LogP contribution >= 0.6 is 0 Å². The van der Waals surface area contributed by atoms with Gasteiger partial charge in [0, 0.05) is 37.8 Å². The molecule has 1 aromatic carbocycles. The van der Waals surface area contributed by atoms with Crippen molar-refractivity contribution in [3.8, 4) is 0 Å². The number of carbonyl (C=O) groups excluding carboxylic acids is 3. The highest BCUT2D eigenvalue weighted by molar-refractivity contribution is 5.95. The standard InChI is InChI=1S/C20H21N3O4/c24-18(21-11-12-22-20(26)17-3-2-14-27-17)10-7-15-5-8-16(9-6-15)23-13-1-4-19(23)25/h2-3,5-10,14H,1,4,11-13H2,(H,21,24)(H,22,26)/b10-7+. The number of amides is 3. The molecule has 0 unspecified atom stereocenters. The van der Waals surface area contributed by atoms with Crippen LogP contribution in [0.5, 0.6) is 0 Å². The fraction of sp³-hybridized carbons (Fsp3) is 0.250. The van der Waals surface area contributed by atoms with Crippen molar-refractivity contribution in [1.29, 1.82) is 0 Å². The first kappa shape index (κ1) is 18.4. The van der Waals surface area contributed by atoms with Crippen LogP contribution < -0.4 is 15.5 Å². The lowest BCUT2D eigenvalue weighted by Gasteiger charge is -2.15. The largest absolute Gasteiger partial charge is 0.459 e. The molecule has 2 aromatic rings. The summed E-state index contributed by atoms with van der Waals surface area (Å²) >= 11 is 0. The zero-order chi connectivity index (χ0) is 19.1. The van der Waals surface area contributed by atoms with E-state index in [1.807, 2.05) is 24.3 Å². The molecule has 1 aliphatic rings. The molecule has 7 heteroatoms. The monoisotopic (exact) mass is 367 g/mol. The fourth-order valence-corrected chi connectivity index (χ4v) is 2.77. The van der Waals surface area contributed by atoms with E-state index >= 15 is 0 Å². The molecule has 0 aliphatic carbocycles. The Kier molecular flexibility index (Phi) is 6.04. The van der Waals surface area contributed by atoms with Crippen molar-refractivity contribution in [3.63, 3.8) is 0 Å². The van der Waals surface area contributed by atoms with Gasteiger partial charge in [-0.25, -0.2) is 0 Å². The number of nitrogens with one attached hydrogen (secondary N) is 2. The molecule has 3 amide bonds. The van der Waals surface area contributed by atoms with Gasteiger partial charge in [0.2, 0.25) is 11.8 Å². The molecule has 2 N–H and O–H groups in total. The summed E-state index contributed by atoms with van der Waals surface area (Å²) in [7, 11) is 0. The van der Waals surface area contributed by atoms with Crippen LogP contribution in [0.3, 0.4) is 0 Å². The first-order chi connectivity index (χ1) is 13.1. The molecule has 0 atom stereocenters. The van der Waals surface area contributed by atoms with Crippen LogP contribution in [0, 0.1) is 0 Å². The van der Waals surface area contributed by atoms with Crippen molar-refractivity contribution < 1.29 is 18.8 Å². The number of hydrogen-bond donors (Lipinski definition) is 2. The van der Waals surface area contributed by atoms with Gasteiger partial charge >= 0.3 is 0 Å². The van der Waals surface area contributed by atoms with E-state index in [0.29, 0.717) is 19.5 Å². The van der Waals surface area contributed by atoms with Crippen molar-refractivity contribution >= 4 is 29.5 Å². The van der Waals surface area contributed by atoms with E-state index in [1.165, 1.54) is 12.3 Å². The molecular formula is C20H21N3O4. The zero-order valence-corrected chi connectivity index (χ0v) is 14.8. The number of furan rings is 1. The molecule has 140 valence electrons. The number of benzene rings is 1. The average Bonchev–Trinajstić information content (AvgIpc) is 3.36. The van der Waals surface area contributed by atoms with E-state index < -0.39 is 0 Å². The van der Waals surface area contributed by atoms with Gasteiger partial charge in [0.25, 0.3) is 5.91 Å². The Morgan fingerprint density at radius 3 is 2.56 bits per heavy atom. The number of rotatable bonds is 7. The minimum atomic E-state index is -0.318. The van der Waals surface area contributed by atoms with Crippen molar-refractivity contribution in [2.75, 3.05) is 24.5 Å². The summed E-state index contributed by atoms with van der Waals surface area (Å²) in [5.41, 5.74) is 1.75. The Bertz CT molecular complexity index is 825. The lowest BCUT2D eigenvalue weighted by atomic mass is 10.2. The molecule has 1 aromatic heterocycles. The summed E-state index contributed by atoms with van der Waals surface area (Å²) in [6, 6.07) is 10.7. The quantitative estimate of drug-likeness (QED) is 0.578. The first-order valence-electron chi connectivity index (χ1n) is 8.81. The van der Waals surface area contributed by atoms with Gasteiger partial charge in [0.05, 0.1) is 6.26 Å². The van der Waals surface area contributed by atoms with Gasteiger partial charge in [0.1, 0.15) is 0 Å². The lowest BCUT2D eigenvalue weighted by molar-refractivity contribution is -0.117. The van der Waals surface area contributed by atoms with E-state index in [9.17, 15) is 14.4 Å². The van der Waals surface area contributed by atoms with Crippen LogP contribution in [0.4, 0.5) is 5.69 Å². The van der Waals surface area contributed by atoms with Crippen molar-refractivity contribution in [1.82, 2.24) is 10.6 Å². The third-order valence-electron chi connectivity index (χ3n) is 4.16. The lowest BCUT2D eigenvalue weighted by Crippen LogP contribution is -2.33. The van der Waals surface area contributed by atoms with E-state index in [-0.39, 0.29) is 23.5 Å². The summed E-state index contributed by atoms with van der Waals surface area (Å²) in [6.07, 6.45) is 6.06. The summed E-state index contributed by atoms with van der Waals surface area (Å²) < 4.78 is 4.98. The molecule has 0 saturated carbocycles. The average molecular weight is 367 g/mol. The van der Waals surface area contributed by atoms with Crippen LogP contribution in [-0.2, 0) is 9.59 Å². The molecule has 0 spiro atoms. The predicted molar refractivity (Wildman–Crippen MR) is 101 cm³/mol. The normalized spacial score (nSPS) is 13.9. The highest BCUT2D eigenvalue weighted by Crippen LogP contribution is 2.21. The second-order valence-electron chi connectivity index (χ2n) is 6.10. The maximum atomic E-state index is 11.8. The molecule has 3 rings (SSSR count). The summed E-state index contributed by atoms with van der Waals surface area (Å²) in [6.45, 7) is 1.37. The second-order valence-corrected chi connectivity index (χ2v) is 6.10. The van der Waals surface area contributed by atoms with E-state index in [0.717, 1.165) is 24.2 Å². The van der Waals surface area contributed by atoms with E-state index in [2.05, 4.69) is 10.6 Å². The molecule has 27 heavy (non-hydrogen) atoms. The number of hydrogen-bond acceptors (Lipinski definition) is 4. The maximum Gasteiger partial charge on any atom is 0.287 e. The number of carbonyl (C=O) groups is 3. The highest BCUT2D eigenvalue weighted by Gasteiger charge is 2.21. The van der Waals surface area contributed by atoms with Gasteiger partial charge in [-0.2, -0.15) is 0 Å². The topological polar surface area (TPSA) is 91.7 Å². The van der Waals surface area contributed by atoms with Gasteiger partial charge < -0.3 is 20.0 Å². The van der Waals surface area contributed by atoms with Crippen LogP contribution in [0.2, 0.25) is 0 Å². The molecule has 0 bridgehead atoms. The van der Waals surface area contributed by atoms with Gasteiger partial charge in [-0.3, -0.25) is 14.4 Å². The summed E-state index contributed by atoms with van der Waals surface area (Å²) in [5, 5.41) is 5.34. The second kappa shape index (κ2) is 8.84. The van der Waals surface area contributed by atoms with Crippen LogP contribution in [0.15, 0.2) is 53.2 Å². The van der Waals surface area contributed by atoms with Crippen molar-refractivity contribution in [3.05, 3.63) is 60.1 Å². The Balaban J connectivity index is 1.40. The molecule has 1 saturated heterocycles. The molecule has 0 radical (unpaired) electrons. The van der Waals surface area contributed by atoms with E-state index in [1.54, 1.807) is 23.1 Å². The zero-order valence-electron chi connectivity index (χ0n) is 14.8. The Morgan fingerprint density at radius 1 is 1.11 bits per heavy atom. The molecule has 1 aliphatic heterocycles. The Labute approximate surface area is 157 Å². The Hall–Kier alpha value is -3.35. The molecular weight excluding hydrogens is 346 g/mol. The van der Waals surface area contributed by atoms with Gasteiger partial charge in [0.15, 0.2) is 5.76 Å². The van der Waals surface area contributed by atoms with Gasteiger partial charge in [-0.15, -0.1) is 0 Å². The minimum Gasteiger partial charge on any atom is -0.459 e. The van der Waals surface area contributed by atoms with Crippen molar-refractivity contribution in [2.45, 2.75) is 12.8 Å². The van der Waals surface area contributed by atoms with Gasteiger partial charge in [-0.05, 0) is 42.3 Å². The first-order valence-corrected chi connectivity index (χ1v) is 8.81. The molecule has 1 fully saturated rings. The van der Waals surface area contributed by atoms with Crippen LogP contribution in [-0.4, -0.2) is 37.4 Å². The number of nitrogens with zero attached hydrogens (tertiary/aromatic N) is 1. The molecule has 7 nitrogen and oxygen atoms in total. The number of anilines is 1. The third kappa shape index (κ3) is 5.07. The summed E-state index contributed by atoms with van der Waals surface area (Å²) in [4.78, 5) is 37.0. The molecule has 2 heterocycles. The SMILES string of the molecule is O=C(/C=C/c1ccc(N2CCCC2=O)cc1)NCCNC(=O)c1ccco1. The van der Waals surface area contributed by atoms with Crippen LogP contribution in [0.1, 0.15) is 29.0 Å². The summed E-state index contributed by atoms with van der Waals surface area (Å²) in [5.74, 6) is -0.181. The third-order valence-corrected chi connectivity index (χ3v) is 4.16.